The van der Waals surface area contributed by atoms with E-state index in [0.29, 0.717) is 84.9 Å². The summed E-state index contributed by atoms with van der Waals surface area (Å²) in [6.07, 6.45) is 3.03. The number of rotatable bonds is 9. The number of aryl methyl sites for hydroxylation is 1. The first-order valence-corrected chi connectivity index (χ1v) is 14.4. The number of aliphatic hydroxyl groups is 1. The number of fused-ring (bicyclic) bond motifs is 1. The first-order chi connectivity index (χ1) is 20.2. The van der Waals surface area contributed by atoms with Crippen molar-refractivity contribution in [2.75, 3.05) is 20.8 Å². The lowest BCUT2D eigenvalue weighted by molar-refractivity contribution is -0.117. The summed E-state index contributed by atoms with van der Waals surface area (Å²) in [5.74, 6) is 1.84. The number of Topliss-reactive ketones (excluding diaryl/α,β-unsaturated/α-hetero) is 2. The average molecular weight is 571 g/mol. The molecule has 0 bridgehead atoms. The van der Waals surface area contributed by atoms with Gasteiger partial charge in [0.25, 0.3) is 0 Å². The van der Waals surface area contributed by atoms with Gasteiger partial charge in [0.1, 0.15) is 11.5 Å². The lowest BCUT2D eigenvalue weighted by atomic mass is 9.73. The molecule has 0 saturated heterocycles. The van der Waals surface area contributed by atoms with Gasteiger partial charge in [0.2, 0.25) is 0 Å². The number of hydrogen-bond donors (Lipinski definition) is 1. The number of ether oxygens (including phenoxy) is 2. The summed E-state index contributed by atoms with van der Waals surface area (Å²) in [7, 11) is 3.20. The molecule has 1 aromatic heterocycles. The molecule has 2 aliphatic rings. The zero-order valence-electron chi connectivity index (χ0n) is 24.7. The van der Waals surface area contributed by atoms with Crippen LogP contribution in [0.4, 0.5) is 0 Å². The number of allylic oxidation sites excluding steroid dienone is 2. The summed E-state index contributed by atoms with van der Waals surface area (Å²) < 4.78 is 16.3. The number of nitrogens with zero attached hydrogens (tertiary/aromatic N) is 2. The fourth-order valence-electron chi connectivity index (χ4n) is 6.04. The van der Waals surface area contributed by atoms with Crippen LogP contribution in [0.1, 0.15) is 78.4 Å². The normalized spacial score (nSPS) is 20.4. The highest BCUT2D eigenvalue weighted by atomic mass is 16.5. The number of ketones is 2. The maximum absolute atomic E-state index is 13.2. The Morgan fingerprint density at radius 3 is 2.50 bits per heavy atom. The molecule has 8 heteroatoms. The van der Waals surface area contributed by atoms with Crippen molar-refractivity contribution in [3.8, 4) is 11.5 Å². The number of benzene rings is 2. The van der Waals surface area contributed by atoms with E-state index in [1.54, 1.807) is 14.2 Å². The van der Waals surface area contributed by atoms with Crippen molar-refractivity contribution in [3.63, 3.8) is 0 Å². The maximum Gasteiger partial charge on any atom is 0.168 e. The zero-order valence-corrected chi connectivity index (χ0v) is 24.7. The van der Waals surface area contributed by atoms with Crippen molar-refractivity contribution in [1.82, 2.24) is 5.16 Å². The van der Waals surface area contributed by atoms with Gasteiger partial charge in [-0.2, -0.15) is 0 Å². The van der Waals surface area contributed by atoms with E-state index in [1.807, 2.05) is 62.4 Å². The van der Waals surface area contributed by atoms with Gasteiger partial charge in [-0.1, -0.05) is 55.4 Å². The Hall–Kier alpha value is -4.20. The predicted octanol–water partition coefficient (Wildman–Crippen LogP) is 6.42. The first kappa shape index (κ1) is 29.3. The molecule has 220 valence electrons. The molecule has 2 aromatic carbocycles. The third-order valence-electron chi connectivity index (χ3n) is 8.14. The second-order valence-electron chi connectivity index (χ2n) is 11.9. The quantitative estimate of drug-likeness (QED) is 0.233. The van der Waals surface area contributed by atoms with E-state index < -0.39 is 0 Å². The second-order valence-corrected chi connectivity index (χ2v) is 11.9. The van der Waals surface area contributed by atoms with Crippen molar-refractivity contribution in [3.05, 3.63) is 88.0 Å². The van der Waals surface area contributed by atoms with Gasteiger partial charge < -0.3 is 19.1 Å². The maximum atomic E-state index is 13.2. The molecular weight excluding hydrogens is 532 g/mol. The van der Waals surface area contributed by atoms with Crippen LogP contribution in [0.15, 0.2) is 69.4 Å². The number of hydrogen-bond acceptors (Lipinski definition) is 8. The Kier molecular flexibility index (Phi) is 8.61. The highest BCUT2D eigenvalue weighted by Gasteiger charge is 2.37. The van der Waals surface area contributed by atoms with Crippen LogP contribution in [0.5, 0.6) is 11.5 Å². The SMILES string of the molecule is COc1ccc(CCN=C2CC(C)(C)CC(=O)C2=C(O)CCc2noc3c2C(=O)CC(c2ccccc2)C3)cc1OC. The molecule has 0 amide bonds. The first-order valence-electron chi connectivity index (χ1n) is 14.4. The Labute approximate surface area is 246 Å². The van der Waals surface area contributed by atoms with Crippen molar-refractivity contribution < 1.29 is 28.7 Å². The third-order valence-corrected chi connectivity index (χ3v) is 8.14. The fraction of sp³-hybridized carbons (Fsp3) is 0.412. The van der Waals surface area contributed by atoms with Gasteiger partial charge >= 0.3 is 0 Å². The van der Waals surface area contributed by atoms with E-state index in [-0.39, 0.29) is 35.1 Å². The van der Waals surface area contributed by atoms with Crippen LogP contribution in [0, 0.1) is 5.41 Å². The fourth-order valence-corrected chi connectivity index (χ4v) is 6.04. The van der Waals surface area contributed by atoms with E-state index in [2.05, 4.69) is 5.16 Å². The van der Waals surface area contributed by atoms with E-state index in [4.69, 9.17) is 19.0 Å². The van der Waals surface area contributed by atoms with Crippen LogP contribution in [-0.4, -0.2) is 48.3 Å². The van der Waals surface area contributed by atoms with Gasteiger partial charge in [-0.05, 0) is 47.4 Å². The molecule has 8 nitrogen and oxygen atoms in total. The standard InChI is InChI=1S/C34H38N2O6/c1-34(2)19-25(35-15-14-21-10-13-29(40-3)30(16-21)41-4)32(28(39)20-34)26(37)12-11-24-33-27(38)17-23(18-31(33)42-36-24)22-8-6-5-7-9-22/h5-10,13,16,23,37H,11-12,14-15,17-20H2,1-4H3. The molecule has 1 unspecified atom stereocenters. The monoisotopic (exact) mass is 570 g/mol. The van der Waals surface area contributed by atoms with Crippen LogP contribution in [-0.2, 0) is 24.1 Å². The van der Waals surface area contributed by atoms with E-state index in [1.165, 1.54) is 0 Å². The molecule has 1 atom stereocenters. The van der Waals surface area contributed by atoms with Crippen molar-refractivity contribution in [1.29, 1.82) is 0 Å². The van der Waals surface area contributed by atoms with Crippen LogP contribution in [0.3, 0.4) is 0 Å². The number of aromatic nitrogens is 1. The molecule has 1 saturated carbocycles. The van der Waals surface area contributed by atoms with Gasteiger partial charge in [-0.25, -0.2) is 0 Å². The summed E-state index contributed by atoms with van der Waals surface area (Å²) in [6, 6.07) is 15.7. The Balaban J connectivity index is 1.32. The van der Waals surface area contributed by atoms with E-state index in [9.17, 15) is 14.7 Å². The zero-order chi connectivity index (χ0) is 29.9. The second kappa shape index (κ2) is 12.3. The number of carbonyl (C=O) groups is 2. The molecule has 5 rings (SSSR count). The molecule has 0 aliphatic heterocycles. The Morgan fingerprint density at radius 2 is 1.76 bits per heavy atom. The number of carbonyl (C=O) groups excluding carboxylic acids is 2. The minimum atomic E-state index is -0.254. The summed E-state index contributed by atoms with van der Waals surface area (Å²) in [6.45, 7) is 4.54. The number of methoxy groups -OCH3 is 2. The van der Waals surface area contributed by atoms with E-state index in [0.717, 1.165) is 11.1 Å². The van der Waals surface area contributed by atoms with Crippen molar-refractivity contribution in [2.24, 2.45) is 10.4 Å². The molecule has 1 N–H and O–H groups in total. The van der Waals surface area contributed by atoms with Gasteiger partial charge in [0, 0.05) is 44.4 Å². The molecule has 0 spiro atoms. The molecule has 42 heavy (non-hydrogen) atoms. The summed E-state index contributed by atoms with van der Waals surface area (Å²) in [5.41, 5.74) is 3.86. The van der Waals surface area contributed by atoms with Crippen molar-refractivity contribution >= 4 is 17.3 Å². The van der Waals surface area contributed by atoms with Gasteiger partial charge in [-0.15, -0.1) is 0 Å². The van der Waals surface area contributed by atoms with Crippen LogP contribution in [0.2, 0.25) is 0 Å². The molecule has 2 aliphatic carbocycles. The average Bonchev–Trinajstić information content (AvgIpc) is 3.39. The number of aliphatic imine (C=N–C) groups is 1. The lowest BCUT2D eigenvalue weighted by Crippen LogP contribution is -2.33. The van der Waals surface area contributed by atoms with Gasteiger partial charge in [-0.3, -0.25) is 14.6 Å². The summed E-state index contributed by atoms with van der Waals surface area (Å²) in [4.78, 5) is 31.2. The summed E-state index contributed by atoms with van der Waals surface area (Å²) in [5, 5.41) is 15.4. The van der Waals surface area contributed by atoms with Gasteiger partial charge in [0.05, 0.1) is 31.1 Å². The van der Waals surface area contributed by atoms with Crippen LogP contribution in [0.25, 0.3) is 0 Å². The van der Waals surface area contributed by atoms with Crippen molar-refractivity contribution in [2.45, 2.75) is 64.7 Å². The van der Waals surface area contributed by atoms with Crippen LogP contribution >= 0.6 is 0 Å². The Bertz CT molecular complexity index is 1530. The predicted molar refractivity (Wildman–Crippen MR) is 160 cm³/mol. The smallest absolute Gasteiger partial charge is 0.168 e. The van der Waals surface area contributed by atoms with E-state index >= 15 is 0 Å². The largest absolute Gasteiger partial charge is 0.511 e. The molecule has 1 heterocycles. The van der Waals surface area contributed by atoms with Crippen LogP contribution < -0.4 is 9.47 Å². The van der Waals surface area contributed by atoms with Gasteiger partial charge in [0.15, 0.2) is 23.1 Å². The molecule has 1 fully saturated rings. The highest BCUT2D eigenvalue weighted by Crippen LogP contribution is 2.37. The minimum absolute atomic E-state index is 0.00130. The topological polar surface area (TPSA) is 111 Å². The summed E-state index contributed by atoms with van der Waals surface area (Å²) >= 11 is 0. The Morgan fingerprint density at radius 1 is 1.00 bits per heavy atom. The molecule has 3 aromatic rings. The molecule has 0 radical (unpaired) electrons. The third kappa shape index (κ3) is 6.32. The minimum Gasteiger partial charge on any atom is -0.511 e. The lowest BCUT2D eigenvalue weighted by Gasteiger charge is -2.31. The molecular formula is C34H38N2O6. The highest BCUT2D eigenvalue weighted by molar-refractivity contribution is 6.24. The number of aliphatic hydroxyl groups excluding tert-OH is 1.